The van der Waals surface area contributed by atoms with Crippen molar-refractivity contribution in [2.75, 3.05) is 13.2 Å². The Morgan fingerprint density at radius 2 is 1.84 bits per heavy atom. The number of fused-ring (bicyclic) bond motifs is 1. The molecule has 0 amide bonds. The van der Waals surface area contributed by atoms with E-state index in [-0.39, 0.29) is 15.5 Å². The third kappa shape index (κ3) is 4.71. The van der Waals surface area contributed by atoms with Crippen LogP contribution in [-0.4, -0.2) is 41.3 Å². The molecule has 0 fully saturated rings. The average Bonchev–Trinajstić information content (AvgIpc) is 2.82. The zero-order valence-electron chi connectivity index (χ0n) is 15.7. The Labute approximate surface area is 160 Å². The van der Waals surface area contributed by atoms with Gasteiger partial charge in [-0.1, -0.05) is 32.4 Å². The van der Waals surface area contributed by atoms with Gasteiger partial charge in [0.2, 0.25) is 5.28 Å². The number of ether oxygens (including phenoxy) is 1. The van der Waals surface area contributed by atoms with Crippen LogP contribution < -0.4 is 0 Å². The van der Waals surface area contributed by atoms with Gasteiger partial charge in [0, 0.05) is 6.61 Å². The van der Waals surface area contributed by atoms with Gasteiger partial charge in [-0.3, -0.25) is 4.68 Å². The topological polar surface area (TPSA) is 62.1 Å². The summed E-state index contributed by atoms with van der Waals surface area (Å²) >= 11 is 12.3. The fourth-order valence-electron chi connectivity index (χ4n) is 2.09. The monoisotopic (exact) mass is 404 g/mol. The second-order valence-corrected chi connectivity index (χ2v) is 12.9. The van der Waals surface area contributed by atoms with E-state index < -0.39 is 8.32 Å². The highest BCUT2D eigenvalue weighted by atomic mass is 35.5. The van der Waals surface area contributed by atoms with Gasteiger partial charge >= 0.3 is 0 Å². The summed E-state index contributed by atoms with van der Waals surface area (Å²) in [5, 5.41) is 5.15. The molecule has 0 spiro atoms. The third-order valence-electron chi connectivity index (χ3n) is 4.61. The first kappa shape index (κ1) is 20.6. The van der Waals surface area contributed by atoms with Crippen molar-refractivity contribution >= 4 is 42.6 Å². The number of hydrogen-bond donors (Lipinski definition) is 0. The molecule has 6 nitrogen and oxygen atoms in total. The lowest BCUT2D eigenvalue weighted by molar-refractivity contribution is 0.137. The Kier molecular flexibility index (Phi) is 6.48. The highest BCUT2D eigenvalue weighted by Gasteiger charge is 2.37. The van der Waals surface area contributed by atoms with Crippen molar-refractivity contribution in [3.63, 3.8) is 0 Å². The lowest BCUT2D eigenvalue weighted by Crippen LogP contribution is -2.40. The number of halogens is 2. The molecule has 0 unspecified atom stereocenters. The second kappa shape index (κ2) is 7.88. The lowest BCUT2D eigenvalue weighted by atomic mass is 10.2. The first-order valence-corrected chi connectivity index (χ1v) is 12.0. The standard InChI is InChI=1S/C16H26Cl2N4O2Si/c1-7-23-9-8-22-13-12(19-15(18)20-14(13)17)11(21-22)10-24-25(5,6)16(2,3)4/h7-10H2,1-6H3. The Morgan fingerprint density at radius 1 is 1.16 bits per heavy atom. The molecule has 2 rings (SSSR count). The van der Waals surface area contributed by atoms with Gasteiger partial charge in [-0.2, -0.15) is 5.10 Å². The van der Waals surface area contributed by atoms with E-state index in [0.29, 0.717) is 37.4 Å². The molecule has 0 aliphatic rings. The second-order valence-electron chi connectivity index (χ2n) is 7.40. The summed E-state index contributed by atoms with van der Waals surface area (Å²) in [6.45, 7) is 15.1. The van der Waals surface area contributed by atoms with Crippen LogP contribution >= 0.6 is 23.2 Å². The lowest BCUT2D eigenvalue weighted by Gasteiger charge is -2.35. The minimum absolute atomic E-state index is 0.107. The van der Waals surface area contributed by atoms with Crippen LogP contribution in [0.25, 0.3) is 11.0 Å². The van der Waals surface area contributed by atoms with Crippen LogP contribution in [0.4, 0.5) is 0 Å². The molecule has 0 bridgehead atoms. The van der Waals surface area contributed by atoms with Gasteiger partial charge in [0.25, 0.3) is 0 Å². The van der Waals surface area contributed by atoms with Crippen molar-refractivity contribution in [1.82, 2.24) is 19.7 Å². The van der Waals surface area contributed by atoms with E-state index in [1.807, 2.05) is 6.92 Å². The van der Waals surface area contributed by atoms with Gasteiger partial charge in [-0.15, -0.1) is 0 Å². The summed E-state index contributed by atoms with van der Waals surface area (Å²) in [6.07, 6.45) is 0. The van der Waals surface area contributed by atoms with E-state index in [0.717, 1.165) is 5.69 Å². The number of nitrogens with zero attached hydrogens (tertiary/aromatic N) is 4. The summed E-state index contributed by atoms with van der Waals surface area (Å²) in [4.78, 5) is 8.37. The fraction of sp³-hybridized carbons (Fsp3) is 0.688. The number of rotatable bonds is 7. The van der Waals surface area contributed by atoms with Crippen molar-refractivity contribution in [2.45, 2.75) is 59.0 Å². The molecule has 0 aromatic carbocycles. The van der Waals surface area contributed by atoms with Gasteiger partial charge in [0.1, 0.15) is 16.7 Å². The quantitative estimate of drug-likeness (QED) is 0.289. The Hall–Kier alpha value is -0.733. The van der Waals surface area contributed by atoms with Crippen LogP contribution in [0.5, 0.6) is 0 Å². The number of hydrogen-bond acceptors (Lipinski definition) is 5. The van der Waals surface area contributed by atoms with Gasteiger partial charge in [0.15, 0.2) is 13.5 Å². The van der Waals surface area contributed by atoms with Crippen LogP contribution in [0.2, 0.25) is 28.6 Å². The maximum Gasteiger partial charge on any atom is 0.224 e. The van der Waals surface area contributed by atoms with Crippen molar-refractivity contribution in [2.24, 2.45) is 0 Å². The first-order valence-electron chi connectivity index (χ1n) is 8.37. The Morgan fingerprint density at radius 3 is 2.44 bits per heavy atom. The van der Waals surface area contributed by atoms with Gasteiger partial charge in [-0.25, -0.2) is 9.97 Å². The van der Waals surface area contributed by atoms with Crippen molar-refractivity contribution in [3.05, 3.63) is 16.1 Å². The summed E-state index contributed by atoms with van der Waals surface area (Å²) in [5.74, 6) is 0. The molecule has 0 N–H and O–H groups in total. The minimum atomic E-state index is -1.91. The van der Waals surface area contributed by atoms with E-state index in [1.165, 1.54) is 0 Å². The molecule has 0 saturated heterocycles. The minimum Gasteiger partial charge on any atom is -0.411 e. The average molecular weight is 405 g/mol. The van der Waals surface area contributed by atoms with Crippen LogP contribution in [0.15, 0.2) is 0 Å². The smallest absolute Gasteiger partial charge is 0.224 e. The molecule has 2 aromatic rings. The molecular weight excluding hydrogens is 379 g/mol. The molecule has 9 heteroatoms. The Balaban J connectivity index is 2.36. The van der Waals surface area contributed by atoms with Crippen LogP contribution in [0.1, 0.15) is 33.4 Å². The summed E-state index contributed by atoms with van der Waals surface area (Å²) < 4.78 is 13.5. The maximum absolute atomic E-state index is 6.29. The summed E-state index contributed by atoms with van der Waals surface area (Å²) in [7, 11) is -1.91. The molecule has 140 valence electrons. The fourth-order valence-corrected chi connectivity index (χ4v) is 3.50. The van der Waals surface area contributed by atoms with Gasteiger partial charge < -0.3 is 9.16 Å². The van der Waals surface area contributed by atoms with Crippen molar-refractivity contribution in [3.8, 4) is 0 Å². The predicted molar refractivity (Wildman–Crippen MR) is 104 cm³/mol. The molecule has 0 aliphatic carbocycles. The molecule has 0 aliphatic heterocycles. The molecule has 2 heterocycles. The van der Waals surface area contributed by atoms with Crippen LogP contribution in [-0.2, 0) is 22.3 Å². The summed E-state index contributed by atoms with van der Waals surface area (Å²) in [6, 6.07) is 0. The summed E-state index contributed by atoms with van der Waals surface area (Å²) in [5.41, 5.74) is 2.03. The molecular formula is C16H26Cl2N4O2Si. The molecule has 0 radical (unpaired) electrons. The molecule has 25 heavy (non-hydrogen) atoms. The molecule has 0 saturated carbocycles. The van der Waals surface area contributed by atoms with E-state index >= 15 is 0 Å². The van der Waals surface area contributed by atoms with Crippen molar-refractivity contribution in [1.29, 1.82) is 0 Å². The maximum atomic E-state index is 6.29. The zero-order chi connectivity index (χ0) is 18.8. The van der Waals surface area contributed by atoms with Gasteiger partial charge in [0.05, 0.1) is 19.8 Å². The highest BCUT2D eigenvalue weighted by molar-refractivity contribution is 6.74. The first-order chi connectivity index (χ1) is 11.6. The third-order valence-corrected chi connectivity index (χ3v) is 9.53. The van der Waals surface area contributed by atoms with E-state index in [1.54, 1.807) is 4.68 Å². The predicted octanol–water partition coefficient (Wildman–Crippen LogP) is 4.69. The normalized spacial score (nSPS) is 13.0. The van der Waals surface area contributed by atoms with E-state index in [2.05, 4.69) is 48.9 Å². The van der Waals surface area contributed by atoms with Crippen LogP contribution in [0, 0.1) is 0 Å². The highest BCUT2D eigenvalue weighted by Crippen LogP contribution is 2.37. The largest absolute Gasteiger partial charge is 0.411 e. The van der Waals surface area contributed by atoms with Gasteiger partial charge in [-0.05, 0) is 36.7 Å². The molecule has 0 atom stereocenters. The van der Waals surface area contributed by atoms with E-state index in [9.17, 15) is 0 Å². The Bertz CT molecular complexity index is 744. The zero-order valence-corrected chi connectivity index (χ0v) is 18.2. The van der Waals surface area contributed by atoms with E-state index in [4.69, 9.17) is 32.4 Å². The number of aromatic nitrogens is 4. The van der Waals surface area contributed by atoms with Crippen molar-refractivity contribution < 1.29 is 9.16 Å². The van der Waals surface area contributed by atoms with Crippen LogP contribution in [0.3, 0.4) is 0 Å². The SMILES string of the molecule is CCOCCn1nc(CO[Si](C)(C)C(C)(C)C)c2nc(Cl)nc(Cl)c21. The molecule has 2 aromatic heterocycles.